The molecule has 0 spiro atoms. The molecule has 3 aromatic rings. The average Bonchev–Trinajstić information content (AvgIpc) is 3.02. The minimum absolute atomic E-state index is 0.0612. The molecule has 0 fully saturated rings. The molecular weight excluding hydrogens is 346 g/mol. The molecular formula is C24H23N3O. The third kappa shape index (κ3) is 3.41. The van der Waals surface area contributed by atoms with Crippen LogP contribution in [0.1, 0.15) is 46.6 Å². The standard InChI is InChI=1S/C24H23N3O/c1-2-17-27-23(20-15-9-10-16-21(20)24(27)28)26-25-22(18-11-5-3-6-12-18)19-13-7-4-8-14-19/h3-16,23,26H,2,17H2,1H3. The summed E-state index contributed by atoms with van der Waals surface area (Å²) in [7, 11) is 0. The molecule has 1 amide bonds. The number of nitrogens with one attached hydrogen (secondary N) is 1. The Morgan fingerprint density at radius 1 is 0.893 bits per heavy atom. The van der Waals surface area contributed by atoms with E-state index in [0.717, 1.165) is 34.4 Å². The number of hydrogen-bond acceptors (Lipinski definition) is 3. The fourth-order valence-electron chi connectivity index (χ4n) is 3.59. The summed E-state index contributed by atoms with van der Waals surface area (Å²) < 4.78 is 0. The van der Waals surface area contributed by atoms with Gasteiger partial charge in [-0.25, -0.2) is 0 Å². The van der Waals surface area contributed by atoms with Crippen LogP contribution >= 0.6 is 0 Å². The maximum atomic E-state index is 12.8. The van der Waals surface area contributed by atoms with E-state index in [9.17, 15) is 4.79 Å². The smallest absolute Gasteiger partial charge is 0.256 e. The minimum Gasteiger partial charge on any atom is -0.313 e. The molecule has 0 aliphatic carbocycles. The predicted octanol–water partition coefficient (Wildman–Crippen LogP) is 4.59. The summed E-state index contributed by atoms with van der Waals surface area (Å²) in [4.78, 5) is 14.7. The van der Waals surface area contributed by atoms with Crippen LogP contribution in [0.2, 0.25) is 0 Å². The lowest BCUT2D eigenvalue weighted by Crippen LogP contribution is -2.35. The van der Waals surface area contributed by atoms with Gasteiger partial charge in [-0.05, 0) is 12.5 Å². The van der Waals surface area contributed by atoms with Crippen molar-refractivity contribution in [3.8, 4) is 0 Å². The van der Waals surface area contributed by atoms with Gasteiger partial charge in [0.1, 0.15) is 6.17 Å². The largest absolute Gasteiger partial charge is 0.313 e. The van der Waals surface area contributed by atoms with Crippen LogP contribution in [0.25, 0.3) is 0 Å². The van der Waals surface area contributed by atoms with Crippen molar-refractivity contribution in [3.05, 3.63) is 107 Å². The molecule has 3 aromatic carbocycles. The second-order valence-corrected chi connectivity index (χ2v) is 6.81. The molecule has 1 N–H and O–H groups in total. The minimum atomic E-state index is -0.258. The first kappa shape index (κ1) is 18.0. The molecule has 4 heteroatoms. The van der Waals surface area contributed by atoms with Gasteiger partial charge >= 0.3 is 0 Å². The number of carbonyl (C=O) groups excluding carboxylic acids is 1. The summed E-state index contributed by atoms with van der Waals surface area (Å²) in [6.45, 7) is 2.77. The fraction of sp³-hybridized carbons (Fsp3) is 0.167. The van der Waals surface area contributed by atoms with Gasteiger partial charge in [0, 0.05) is 28.8 Å². The molecule has 0 aromatic heterocycles. The van der Waals surface area contributed by atoms with Crippen molar-refractivity contribution in [3.63, 3.8) is 0 Å². The van der Waals surface area contributed by atoms with Crippen LogP contribution in [0.3, 0.4) is 0 Å². The van der Waals surface area contributed by atoms with Gasteiger partial charge in [0.15, 0.2) is 0 Å². The first-order valence-electron chi connectivity index (χ1n) is 9.63. The molecule has 1 unspecified atom stereocenters. The summed E-state index contributed by atoms with van der Waals surface area (Å²) in [6, 6.07) is 28.0. The molecule has 0 saturated heterocycles. The summed E-state index contributed by atoms with van der Waals surface area (Å²) in [5, 5.41) is 4.78. The number of carbonyl (C=O) groups is 1. The van der Waals surface area contributed by atoms with Crippen molar-refractivity contribution >= 4 is 11.6 Å². The van der Waals surface area contributed by atoms with E-state index in [1.807, 2.05) is 89.8 Å². The maximum absolute atomic E-state index is 12.8. The van der Waals surface area contributed by atoms with Crippen LogP contribution < -0.4 is 5.43 Å². The normalized spacial score (nSPS) is 15.2. The summed E-state index contributed by atoms with van der Waals surface area (Å²) in [6.07, 6.45) is 0.636. The Morgan fingerprint density at radius 3 is 2.07 bits per heavy atom. The highest BCUT2D eigenvalue weighted by Gasteiger charge is 2.35. The molecule has 140 valence electrons. The lowest BCUT2D eigenvalue weighted by molar-refractivity contribution is 0.0696. The lowest BCUT2D eigenvalue weighted by Gasteiger charge is -2.25. The van der Waals surface area contributed by atoms with E-state index in [4.69, 9.17) is 5.10 Å². The maximum Gasteiger partial charge on any atom is 0.256 e. The molecule has 1 aliphatic heterocycles. The van der Waals surface area contributed by atoms with Crippen LogP contribution in [0.5, 0.6) is 0 Å². The number of amides is 1. The summed E-state index contributed by atoms with van der Waals surface area (Å²) in [5.41, 5.74) is 7.94. The average molecular weight is 369 g/mol. The Hall–Kier alpha value is -3.40. The van der Waals surface area contributed by atoms with Gasteiger partial charge in [0.25, 0.3) is 5.91 Å². The zero-order valence-corrected chi connectivity index (χ0v) is 15.9. The third-order valence-corrected chi connectivity index (χ3v) is 4.92. The van der Waals surface area contributed by atoms with E-state index in [-0.39, 0.29) is 12.1 Å². The van der Waals surface area contributed by atoms with Crippen molar-refractivity contribution in [1.29, 1.82) is 0 Å². The predicted molar refractivity (Wildman–Crippen MR) is 112 cm³/mol. The van der Waals surface area contributed by atoms with Crippen LogP contribution in [0, 0.1) is 0 Å². The number of hydrogen-bond donors (Lipinski definition) is 1. The quantitative estimate of drug-likeness (QED) is 0.510. The fourth-order valence-corrected chi connectivity index (χ4v) is 3.59. The summed E-state index contributed by atoms with van der Waals surface area (Å²) >= 11 is 0. The summed E-state index contributed by atoms with van der Waals surface area (Å²) in [5.74, 6) is 0.0612. The van der Waals surface area contributed by atoms with Gasteiger partial charge in [-0.1, -0.05) is 85.8 Å². The van der Waals surface area contributed by atoms with Crippen LogP contribution in [-0.4, -0.2) is 23.1 Å². The van der Waals surface area contributed by atoms with Crippen molar-refractivity contribution in [2.24, 2.45) is 5.10 Å². The van der Waals surface area contributed by atoms with E-state index < -0.39 is 0 Å². The van der Waals surface area contributed by atoms with E-state index in [1.165, 1.54) is 0 Å². The number of rotatable bonds is 6. The van der Waals surface area contributed by atoms with Crippen LogP contribution in [0.15, 0.2) is 90.0 Å². The van der Waals surface area contributed by atoms with Crippen LogP contribution in [-0.2, 0) is 0 Å². The first-order valence-corrected chi connectivity index (χ1v) is 9.63. The Kier molecular flexibility index (Phi) is 5.20. The molecule has 28 heavy (non-hydrogen) atoms. The molecule has 1 atom stereocenters. The highest BCUT2D eigenvalue weighted by molar-refractivity contribution is 6.12. The van der Waals surface area contributed by atoms with E-state index >= 15 is 0 Å². The van der Waals surface area contributed by atoms with Gasteiger partial charge in [-0.3, -0.25) is 10.2 Å². The van der Waals surface area contributed by atoms with E-state index in [0.29, 0.717) is 6.54 Å². The lowest BCUT2D eigenvalue weighted by atomic mass is 10.0. The van der Waals surface area contributed by atoms with Crippen molar-refractivity contribution in [2.45, 2.75) is 19.5 Å². The number of fused-ring (bicyclic) bond motifs is 1. The molecule has 0 saturated carbocycles. The Balaban J connectivity index is 1.72. The molecule has 0 bridgehead atoms. The van der Waals surface area contributed by atoms with E-state index in [1.54, 1.807) is 0 Å². The Morgan fingerprint density at radius 2 is 1.46 bits per heavy atom. The van der Waals surface area contributed by atoms with Crippen molar-refractivity contribution in [1.82, 2.24) is 10.3 Å². The van der Waals surface area contributed by atoms with Gasteiger partial charge in [0.2, 0.25) is 0 Å². The Labute approximate surface area is 165 Å². The van der Waals surface area contributed by atoms with Crippen molar-refractivity contribution < 1.29 is 4.79 Å². The first-order chi connectivity index (χ1) is 13.8. The SMILES string of the molecule is CCCN1C(=O)c2ccccc2C1NN=C(c1ccccc1)c1ccccc1. The second-order valence-electron chi connectivity index (χ2n) is 6.81. The Bertz CT molecular complexity index is 942. The molecule has 1 aliphatic rings. The van der Waals surface area contributed by atoms with Gasteiger partial charge in [0.05, 0.1) is 5.71 Å². The molecule has 4 nitrogen and oxygen atoms in total. The monoisotopic (exact) mass is 369 g/mol. The molecule has 1 heterocycles. The zero-order chi connectivity index (χ0) is 19.3. The molecule has 4 rings (SSSR count). The topological polar surface area (TPSA) is 44.7 Å². The van der Waals surface area contributed by atoms with Gasteiger partial charge in [-0.15, -0.1) is 0 Å². The molecule has 0 radical (unpaired) electrons. The van der Waals surface area contributed by atoms with E-state index in [2.05, 4.69) is 12.3 Å². The third-order valence-electron chi connectivity index (χ3n) is 4.92. The number of benzene rings is 3. The zero-order valence-electron chi connectivity index (χ0n) is 15.9. The highest BCUT2D eigenvalue weighted by Crippen LogP contribution is 2.31. The van der Waals surface area contributed by atoms with Gasteiger partial charge < -0.3 is 4.90 Å². The van der Waals surface area contributed by atoms with Crippen molar-refractivity contribution in [2.75, 3.05) is 6.54 Å². The number of nitrogens with zero attached hydrogens (tertiary/aromatic N) is 2. The highest BCUT2D eigenvalue weighted by atomic mass is 16.2. The second kappa shape index (κ2) is 8.09. The van der Waals surface area contributed by atoms with Gasteiger partial charge in [-0.2, -0.15) is 5.10 Å². The van der Waals surface area contributed by atoms with Crippen LogP contribution in [0.4, 0.5) is 0 Å². The number of hydrazone groups is 1.